The first-order valence-electron chi connectivity index (χ1n) is 7.38. The Hall–Kier alpha value is -2.83. The zero-order valence-corrected chi connectivity index (χ0v) is 12.4. The van der Waals surface area contributed by atoms with E-state index in [4.69, 9.17) is 9.84 Å². The van der Waals surface area contributed by atoms with Crippen LogP contribution in [0.2, 0.25) is 0 Å². The van der Waals surface area contributed by atoms with Gasteiger partial charge in [-0.15, -0.1) is 0 Å². The monoisotopic (exact) mass is 315 g/mol. The second-order valence-electron chi connectivity index (χ2n) is 5.42. The van der Waals surface area contributed by atoms with Gasteiger partial charge >= 0.3 is 5.97 Å². The molecule has 0 saturated heterocycles. The molecule has 1 amide bonds. The van der Waals surface area contributed by atoms with Gasteiger partial charge in [0.25, 0.3) is 0 Å². The lowest BCUT2D eigenvalue weighted by Crippen LogP contribution is -2.21. The van der Waals surface area contributed by atoms with Gasteiger partial charge in [-0.2, -0.15) is 5.10 Å². The summed E-state index contributed by atoms with van der Waals surface area (Å²) in [5.41, 5.74) is 1.05. The molecule has 7 heteroatoms. The van der Waals surface area contributed by atoms with E-state index in [1.54, 1.807) is 6.07 Å². The van der Waals surface area contributed by atoms with Crippen molar-refractivity contribution >= 4 is 17.7 Å². The minimum Gasteiger partial charge on any atom is -0.493 e. The van der Waals surface area contributed by atoms with Crippen molar-refractivity contribution in [1.82, 2.24) is 9.78 Å². The van der Waals surface area contributed by atoms with Crippen molar-refractivity contribution in [3.05, 3.63) is 42.1 Å². The molecular formula is C16H17N3O4. The van der Waals surface area contributed by atoms with Gasteiger partial charge in [0.05, 0.1) is 6.61 Å². The summed E-state index contributed by atoms with van der Waals surface area (Å²) in [5.74, 6) is 0.178. The van der Waals surface area contributed by atoms with Crippen molar-refractivity contribution in [1.29, 1.82) is 0 Å². The molecule has 0 aliphatic carbocycles. The highest BCUT2D eigenvalue weighted by Crippen LogP contribution is 2.35. The number of anilines is 1. The summed E-state index contributed by atoms with van der Waals surface area (Å²) in [5, 5.41) is 15.4. The molecule has 0 spiro atoms. The highest BCUT2D eigenvalue weighted by Gasteiger charge is 2.23. The lowest BCUT2D eigenvalue weighted by atomic mass is 9.90. The number of carboxylic acids is 1. The molecule has 0 radical (unpaired) electrons. The fraction of sp³-hybridized carbons (Fsp3) is 0.312. The van der Waals surface area contributed by atoms with Crippen LogP contribution in [0.5, 0.6) is 5.75 Å². The van der Waals surface area contributed by atoms with Gasteiger partial charge in [0.2, 0.25) is 5.91 Å². The van der Waals surface area contributed by atoms with E-state index in [1.807, 2.05) is 24.3 Å². The maximum absolute atomic E-state index is 12.2. The predicted molar refractivity (Wildman–Crippen MR) is 82.4 cm³/mol. The first-order chi connectivity index (χ1) is 11.1. The summed E-state index contributed by atoms with van der Waals surface area (Å²) in [4.78, 5) is 22.8. The third kappa shape index (κ3) is 3.68. The number of nitrogens with one attached hydrogen (secondary N) is 1. The van der Waals surface area contributed by atoms with E-state index in [1.165, 1.54) is 10.9 Å². The van der Waals surface area contributed by atoms with Crippen LogP contribution in [0.4, 0.5) is 5.82 Å². The molecule has 23 heavy (non-hydrogen) atoms. The Morgan fingerprint density at radius 1 is 1.35 bits per heavy atom. The molecule has 0 fully saturated rings. The molecule has 0 saturated carbocycles. The van der Waals surface area contributed by atoms with Crippen molar-refractivity contribution in [2.75, 3.05) is 11.9 Å². The minimum atomic E-state index is -0.982. The van der Waals surface area contributed by atoms with Gasteiger partial charge < -0.3 is 15.2 Å². The van der Waals surface area contributed by atoms with Crippen LogP contribution in [-0.2, 0) is 16.1 Å². The molecule has 120 valence electrons. The third-order valence-corrected chi connectivity index (χ3v) is 3.72. The molecule has 1 aromatic heterocycles. The van der Waals surface area contributed by atoms with Gasteiger partial charge in [0.15, 0.2) is 5.82 Å². The lowest BCUT2D eigenvalue weighted by molar-refractivity contribution is -0.137. The molecule has 2 aromatic rings. The number of carbonyl (C=O) groups is 2. The number of nitrogens with zero attached hydrogens (tertiary/aromatic N) is 2. The normalized spacial score (nSPS) is 16.3. The quantitative estimate of drug-likeness (QED) is 0.878. The number of para-hydroxylation sites is 1. The van der Waals surface area contributed by atoms with E-state index >= 15 is 0 Å². The van der Waals surface area contributed by atoms with Crippen LogP contribution in [0.25, 0.3) is 0 Å². The zero-order chi connectivity index (χ0) is 16.2. The largest absolute Gasteiger partial charge is 0.493 e. The van der Waals surface area contributed by atoms with Crippen molar-refractivity contribution in [3.63, 3.8) is 0 Å². The second kappa shape index (κ2) is 6.51. The molecule has 0 bridgehead atoms. The van der Waals surface area contributed by atoms with Crippen molar-refractivity contribution in [3.8, 4) is 5.75 Å². The number of benzene rings is 1. The van der Waals surface area contributed by atoms with Gasteiger partial charge in [-0.3, -0.25) is 14.3 Å². The number of carbonyl (C=O) groups excluding carboxylic acids is 1. The van der Waals surface area contributed by atoms with Gasteiger partial charge in [0, 0.05) is 18.7 Å². The number of ether oxygens (including phenoxy) is 1. The van der Waals surface area contributed by atoms with Crippen LogP contribution in [-0.4, -0.2) is 33.4 Å². The summed E-state index contributed by atoms with van der Waals surface area (Å²) in [6.45, 7) is 0.366. The van der Waals surface area contributed by atoms with E-state index in [2.05, 4.69) is 10.4 Å². The molecule has 0 unspecified atom stereocenters. The van der Waals surface area contributed by atoms with Crippen molar-refractivity contribution in [2.45, 2.75) is 25.3 Å². The van der Waals surface area contributed by atoms with Gasteiger partial charge in [0.1, 0.15) is 12.3 Å². The van der Waals surface area contributed by atoms with Crippen molar-refractivity contribution in [2.24, 2.45) is 0 Å². The fourth-order valence-electron chi connectivity index (χ4n) is 2.70. The van der Waals surface area contributed by atoms with Crippen LogP contribution in [0.1, 0.15) is 24.3 Å². The number of amides is 1. The summed E-state index contributed by atoms with van der Waals surface area (Å²) in [7, 11) is 0. The number of hydrogen-bond donors (Lipinski definition) is 2. The van der Waals surface area contributed by atoms with E-state index < -0.39 is 5.97 Å². The van der Waals surface area contributed by atoms with E-state index in [0.717, 1.165) is 17.7 Å². The van der Waals surface area contributed by atoms with Crippen LogP contribution in [0.3, 0.4) is 0 Å². The van der Waals surface area contributed by atoms with Crippen LogP contribution >= 0.6 is 0 Å². The van der Waals surface area contributed by atoms with E-state index in [-0.39, 0.29) is 18.4 Å². The summed E-state index contributed by atoms with van der Waals surface area (Å²) in [6.07, 6.45) is 2.65. The number of carboxylic acid groups (broad SMARTS) is 1. The fourth-order valence-corrected chi connectivity index (χ4v) is 2.70. The van der Waals surface area contributed by atoms with Gasteiger partial charge in [-0.05, 0) is 24.0 Å². The molecule has 1 aliphatic rings. The molecular weight excluding hydrogens is 298 g/mol. The Morgan fingerprint density at radius 2 is 2.17 bits per heavy atom. The number of hydrogen-bond acceptors (Lipinski definition) is 4. The number of fused-ring (bicyclic) bond motifs is 1. The number of aromatic nitrogens is 2. The Morgan fingerprint density at radius 3 is 3.00 bits per heavy atom. The maximum atomic E-state index is 12.2. The van der Waals surface area contributed by atoms with E-state index in [0.29, 0.717) is 18.8 Å². The topological polar surface area (TPSA) is 93.5 Å². The molecule has 1 aromatic carbocycles. The summed E-state index contributed by atoms with van der Waals surface area (Å²) in [6, 6.07) is 9.32. The van der Waals surface area contributed by atoms with Gasteiger partial charge in [-0.25, -0.2) is 0 Å². The first-order valence-corrected chi connectivity index (χ1v) is 7.38. The Bertz CT molecular complexity index is 726. The number of rotatable bonds is 5. The molecule has 7 nitrogen and oxygen atoms in total. The van der Waals surface area contributed by atoms with Crippen molar-refractivity contribution < 1.29 is 19.4 Å². The maximum Gasteiger partial charge on any atom is 0.325 e. The van der Waals surface area contributed by atoms with Crippen LogP contribution in [0, 0.1) is 0 Å². The SMILES string of the molecule is O=C(O)Cn1ccc(NC(=O)C[C@H]2CCOc3ccccc32)n1. The average molecular weight is 315 g/mol. The summed E-state index contributed by atoms with van der Waals surface area (Å²) < 4.78 is 6.86. The van der Waals surface area contributed by atoms with Crippen LogP contribution < -0.4 is 10.1 Å². The zero-order valence-electron chi connectivity index (χ0n) is 12.4. The smallest absolute Gasteiger partial charge is 0.325 e. The molecule has 3 rings (SSSR count). The van der Waals surface area contributed by atoms with Crippen LogP contribution in [0.15, 0.2) is 36.5 Å². The summed E-state index contributed by atoms with van der Waals surface area (Å²) >= 11 is 0. The predicted octanol–water partition coefficient (Wildman–Crippen LogP) is 1.86. The highest BCUT2D eigenvalue weighted by atomic mass is 16.5. The van der Waals surface area contributed by atoms with Gasteiger partial charge in [-0.1, -0.05) is 18.2 Å². The molecule has 2 heterocycles. The molecule has 2 N–H and O–H groups in total. The molecule has 1 aliphatic heterocycles. The third-order valence-electron chi connectivity index (χ3n) is 3.72. The first kappa shape index (κ1) is 15.1. The minimum absolute atomic E-state index is 0.112. The average Bonchev–Trinajstić information content (AvgIpc) is 2.93. The Kier molecular flexibility index (Phi) is 4.27. The lowest BCUT2D eigenvalue weighted by Gasteiger charge is -2.25. The Labute approximate surface area is 132 Å². The van der Waals surface area contributed by atoms with E-state index in [9.17, 15) is 9.59 Å². The second-order valence-corrected chi connectivity index (χ2v) is 5.42. The Balaban J connectivity index is 1.62. The number of aliphatic carboxylic acids is 1. The molecule has 1 atom stereocenters. The standard InChI is InChI=1S/C16H17N3O4/c20-15(17-14-5-7-19(18-14)10-16(21)22)9-11-6-8-23-13-4-2-1-3-12(11)13/h1-5,7,11H,6,8-10H2,(H,21,22)(H,17,18,20)/t11-/m1/s1. The highest BCUT2D eigenvalue weighted by molar-refractivity contribution is 5.90.